The van der Waals surface area contributed by atoms with Gasteiger partial charge in [-0.1, -0.05) is 20.3 Å². The van der Waals surface area contributed by atoms with Gasteiger partial charge in [-0.05, 0) is 5.92 Å². The van der Waals surface area contributed by atoms with Crippen LogP contribution >= 0.6 is 0 Å². The normalized spacial score (nSPS) is 14.4. The van der Waals surface area contributed by atoms with Crippen molar-refractivity contribution in [3.63, 3.8) is 0 Å². The molecular weight excluding hydrogens is 341 g/mol. The fourth-order valence-corrected chi connectivity index (χ4v) is 1.22. The Balaban J connectivity index is 0. The summed E-state index contributed by atoms with van der Waals surface area (Å²) >= 11 is 0. The number of carbonyl (C=O) groups excluding carboxylic acids is 1. The fraction of sp³-hybridized carbons (Fsp3) is 0.667. The van der Waals surface area contributed by atoms with Gasteiger partial charge in [0.25, 0.3) is 0 Å². The summed E-state index contributed by atoms with van der Waals surface area (Å²) in [7, 11) is 0. The number of carboxylic acids is 3. The molecule has 0 bridgehead atoms. The first-order valence-electron chi connectivity index (χ1n) is 6.54. The highest BCUT2D eigenvalue weighted by Gasteiger charge is 2.38. The Morgan fingerprint density at radius 3 is 1.79 bits per heavy atom. The molecular formula is C12H19F3N2O7. The maximum absolute atomic E-state index is 11.5. The number of carbonyl (C=O) groups is 4. The van der Waals surface area contributed by atoms with Crippen LogP contribution in [0.25, 0.3) is 0 Å². The first-order valence-corrected chi connectivity index (χ1v) is 6.54. The van der Waals surface area contributed by atoms with Gasteiger partial charge in [-0.3, -0.25) is 9.59 Å². The first-order chi connectivity index (χ1) is 10.7. The van der Waals surface area contributed by atoms with Crippen LogP contribution < -0.4 is 11.1 Å². The molecule has 0 spiro atoms. The Hall–Kier alpha value is -2.37. The second kappa shape index (κ2) is 10.4. The highest BCUT2D eigenvalue weighted by Crippen LogP contribution is 2.13. The molecule has 3 atom stereocenters. The Labute approximate surface area is 134 Å². The molecule has 0 radical (unpaired) electrons. The number of amides is 1. The molecule has 0 aromatic rings. The molecule has 0 aromatic heterocycles. The quantitative estimate of drug-likeness (QED) is 0.424. The van der Waals surface area contributed by atoms with Crippen molar-refractivity contribution in [3.05, 3.63) is 0 Å². The number of hydrogen-bond acceptors (Lipinski definition) is 5. The number of aliphatic carboxylic acids is 3. The monoisotopic (exact) mass is 360 g/mol. The van der Waals surface area contributed by atoms with Crippen molar-refractivity contribution >= 4 is 23.8 Å². The number of carboxylic acid groups (broad SMARTS) is 3. The predicted octanol–water partition coefficient (Wildman–Crippen LogP) is 0.0372. The fourth-order valence-electron chi connectivity index (χ4n) is 1.22. The van der Waals surface area contributed by atoms with E-state index in [2.05, 4.69) is 5.32 Å². The molecule has 0 aliphatic heterocycles. The average molecular weight is 360 g/mol. The van der Waals surface area contributed by atoms with Gasteiger partial charge < -0.3 is 26.4 Å². The Kier molecular flexibility index (Phi) is 10.4. The van der Waals surface area contributed by atoms with Crippen molar-refractivity contribution in [1.29, 1.82) is 0 Å². The highest BCUT2D eigenvalue weighted by molar-refractivity contribution is 5.89. The third-order valence-corrected chi connectivity index (χ3v) is 2.75. The summed E-state index contributed by atoms with van der Waals surface area (Å²) in [5.41, 5.74) is 5.32. The van der Waals surface area contributed by atoms with Crippen LogP contribution in [-0.4, -0.2) is 57.4 Å². The van der Waals surface area contributed by atoms with E-state index < -0.39 is 48.5 Å². The third-order valence-electron chi connectivity index (χ3n) is 2.75. The van der Waals surface area contributed by atoms with Crippen LogP contribution in [0.2, 0.25) is 0 Å². The summed E-state index contributed by atoms with van der Waals surface area (Å²) in [6, 6.07) is -2.29. The van der Waals surface area contributed by atoms with Gasteiger partial charge in [-0.15, -0.1) is 0 Å². The molecule has 0 saturated heterocycles. The van der Waals surface area contributed by atoms with Gasteiger partial charge in [0.1, 0.15) is 6.04 Å². The zero-order chi connectivity index (χ0) is 19.7. The summed E-state index contributed by atoms with van der Waals surface area (Å²) in [6.45, 7) is 3.48. The molecule has 0 unspecified atom stereocenters. The van der Waals surface area contributed by atoms with Crippen LogP contribution in [0.4, 0.5) is 13.2 Å². The second-order valence-corrected chi connectivity index (χ2v) is 4.72. The van der Waals surface area contributed by atoms with Gasteiger partial charge in [0.05, 0.1) is 12.5 Å². The van der Waals surface area contributed by atoms with E-state index in [-0.39, 0.29) is 5.92 Å². The molecule has 0 aliphatic rings. The van der Waals surface area contributed by atoms with E-state index >= 15 is 0 Å². The third kappa shape index (κ3) is 10.4. The molecule has 9 nitrogen and oxygen atoms in total. The van der Waals surface area contributed by atoms with Crippen molar-refractivity contribution in [3.8, 4) is 0 Å². The van der Waals surface area contributed by atoms with Crippen molar-refractivity contribution in [2.24, 2.45) is 11.7 Å². The van der Waals surface area contributed by atoms with E-state index in [9.17, 15) is 27.6 Å². The lowest BCUT2D eigenvalue weighted by molar-refractivity contribution is -0.192. The average Bonchev–Trinajstić information content (AvgIpc) is 2.42. The number of hydrogen-bond donors (Lipinski definition) is 5. The topological polar surface area (TPSA) is 167 Å². The van der Waals surface area contributed by atoms with Gasteiger partial charge >= 0.3 is 24.1 Å². The molecule has 24 heavy (non-hydrogen) atoms. The summed E-state index contributed by atoms with van der Waals surface area (Å²) < 4.78 is 31.7. The molecule has 140 valence electrons. The number of nitrogens with one attached hydrogen (secondary N) is 1. The van der Waals surface area contributed by atoms with Crippen molar-refractivity contribution < 1.29 is 47.7 Å². The standard InChI is InChI=1S/C10H18N2O5.C2HF3O2/c1-3-5(2)8(10(16)17)12-9(15)6(11)4-7(13)14;3-2(4,5)1(6)7/h5-6,8H,3-4,11H2,1-2H3,(H,12,15)(H,13,14)(H,16,17);(H,6,7)/t5-,6-,8-;/m0./s1. The van der Waals surface area contributed by atoms with Crippen LogP contribution in [0.3, 0.4) is 0 Å². The molecule has 0 heterocycles. The first kappa shape index (κ1) is 23.9. The lowest BCUT2D eigenvalue weighted by Crippen LogP contribution is -2.51. The maximum atomic E-state index is 11.5. The molecule has 12 heteroatoms. The zero-order valence-electron chi connectivity index (χ0n) is 12.8. The molecule has 0 aliphatic carbocycles. The molecule has 0 saturated carbocycles. The van der Waals surface area contributed by atoms with Crippen LogP contribution in [0, 0.1) is 5.92 Å². The number of nitrogens with two attached hydrogens (primary N) is 1. The number of alkyl halides is 3. The summed E-state index contributed by atoms with van der Waals surface area (Å²) in [5.74, 6) is -6.14. The zero-order valence-corrected chi connectivity index (χ0v) is 12.8. The summed E-state index contributed by atoms with van der Waals surface area (Å²) in [6.07, 6.45) is -5.04. The minimum absolute atomic E-state index is 0.256. The summed E-state index contributed by atoms with van der Waals surface area (Å²) in [5, 5.41) is 26.7. The Morgan fingerprint density at radius 2 is 1.54 bits per heavy atom. The van der Waals surface area contributed by atoms with E-state index in [1.54, 1.807) is 13.8 Å². The van der Waals surface area contributed by atoms with E-state index in [1.165, 1.54) is 0 Å². The summed E-state index contributed by atoms with van der Waals surface area (Å²) in [4.78, 5) is 41.6. The van der Waals surface area contributed by atoms with Gasteiger partial charge in [0.2, 0.25) is 5.91 Å². The van der Waals surface area contributed by atoms with E-state index in [0.29, 0.717) is 6.42 Å². The van der Waals surface area contributed by atoms with Crippen molar-refractivity contribution in [2.45, 2.75) is 44.9 Å². The Morgan fingerprint density at radius 1 is 1.12 bits per heavy atom. The van der Waals surface area contributed by atoms with Gasteiger partial charge in [0.15, 0.2) is 0 Å². The van der Waals surface area contributed by atoms with E-state index in [0.717, 1.165) is 0 Å². The minimum atomic E-state index is -5.08. The van der Waals surface area contributed by atoms with Crippen LogP contribution in [0.1, 0.15) is 26.7 Å². The van der Waals surface area contributed by atoms with Crippen LogP contribution in [0.15, 0.2) is 0 Å². The lowest BCUT2D eigenvalue weighted by atomic mass is 9.99. The van der Waals surface area contributed by atoms with E-state index in [4.69, 9.17) is 25.8 Å². The molecule has 6 N–H and O–H groups in total. The minimum Gasteiger partial charge on any atom is -0.481 e. The predicted molar refractivity (Wildman–Crippen MR) is 72.9 cm³/mol. The van der Waals surface area contributed by atoms with Crippen LogP contribution in [0.5, 0.6) is 0 Å². The maximum Gasteiger partial charge on any atom is 0.490 e. The van der Waals surface area contributed by atoms with Gasteiger partial charge in [-0.2, -0.15) is 13.2 Å². The van der Waals surface area contributed by atoms with Gasteiger partial charge in [0, 0.05) is 0 Å². The SMILES string of the molecule is CC[C@H](C)[C@H](NC(=O)[C@@H](N)CC(=O)O)C(=O)O.O=C(O)C(F)(F)F. The molecule has 0 fully saturated rings. The highest BCUT2D eigenvalue weighted by atomic mass is 19.4. The smallest absolute Gasteiger partial charge is 0.481 e. The molecule has 1 amide bonds. The number of halogens is 3. The largest absolute Gasteiger partial charge is 0.490 e. The molecule has 0 aromatic carbocycles. The van der Waals surface area contributed by atoms with Gasteiger partial charge in [-0.25, -0.2) is 9.59 Å². The van der Waals surface area contributed by atoms with Crippen LogP contribution in [-0.2, 0) is 19.2 Å². The second-order valence-electron chi connectivity index (χ2n) is 4.72. The molecule has 0 rings (SSSR count). The Bertz CT molecular complexity index is 468. The lowest BCUT2D eigenvalue weighted by Gasteiger charge is -2.21. The van der Waals surface area contributed by atoms with Crippen molar-refractivity contribution in [2.75, 3.05) is 0 Å². The number of rotatable bonds is 7. The van der Waals surface area contributed by atoms with Crippen molar-refractivity contribution in [1.82, 2.24) is 5.32 Å². The van der Waals surface area contributed by atoms with E-state index in [1.807, 2.05) is 0 Å².